The number of nitrogens with one attached hydrogen (secondary N) is 1. The van der Waals surface area contributed by atoms with E-state index in [1.165, 1.54) is 18.2 Å². The fraction of sp³-hybridized carbons (Fsp3) is 0.238. The average Bonchev–Trinajstić information content (AvgIpc) is 3.33. The van der Waals surface area contributed by atoms with Crippen molar-refractivity contribution in [2.45, 2.75) is 27.2 Å². The van der Waals surface area contributed by atoms with Crippen LogP contribution in [0.1, 0.15) is 56.3 Å². The van der Waals surface area contributed by atoms with Crippen LogP contribution in [0.25, 0.3) is 11.3 Å². The number of ketones is 1. The highest BCUT2D eigenvalue weighted by Crippen LogP contribution is 2.35. The molecule has 0 unspecified atom stereocenters. The molecule has 8 nitrogen and oxygen atoms in total. The molecule has 0 radical (unpaired) electrons. The van der Waals surface area contributed by atoms with Gasteiger partial charge in [0.25, 0.3) is 5.91 Å². The number of anilines is 1. The summed E-state index contributed by atoms with van der Waals surface area (Å²) in [6.45, 7) is 5.21. The molecule has 0 aliphatic heterocycles. The number of aromatic nitrogens is 1. The number of carbonyl (C=O) groups is 3. The van der Waals surface area contributed by atoms with E-state index in [4.69, 9.17) is 9.26 Å². The second kappa shape index (κ2) is 8.91. The lowest BCUT2D eigenvalue weighted by atomic mass is 10.1. The van der Waals surface area contributed by atoms with E-state index in [1.54, 1.807) is 32.9 Å². The van der Waals surface area contributed by atoms with Crippen molar-refractivity contribution in [1.29, 1.82) is 0 Å². The maximum absolute atomic E-state index is 12.7. The summed E-state index contributed by atoms with van der Waals surface area (Å²) in [6.07, 6.45) is 0.271. The number of carbonyl (C=O) groups excluding carboxylic acids is 3. The molecule has 3 rings (SSSR count). The molecule has 156 valence electrons. The molecule has 0 saturated carbocycles. The van der Waals surface area contributed by atoms with E-state index < -0.39 is 11.9 Å². The van der Waals surface area contributed by atoms with Crippen molar-refractivity contribution in [1.82, 2.24) is 5.16 Å². The number of thiophene rings is 1. The lowest BCUT2D eigenvalue weighted by molar-refractivity contribution is 0.0527. The summed E-state index contributed by atoms with van der Waals surface area (Å²) in [6, 6.07) is 7.75. The van der Waals surface area contributed by atoms with Crippen LogP contribution in [-0.4, -0.2) is 34.5 Å². The quantitative estimate of drug-likeness (QED) is 0.422. The van der Waals surface area contributed by atoms with Gasteiger partial charge in [-0.15, -0.1) is 11.3 Å². The predicted octanol–water partition coefficient (Wildman–Crippen LogP) is 4.44. The van der Waals surface area contributed by atoms with Gasteiger partial charge in [0.2, 0.25) is 0 Å². The SMILES string of the molecule is CCOC(=O)c1c(NC(=O)c2cc(-c3cccc(O)c3)on2)sc(C(=O)CC)c1C. The first-order valence-corrected chi connectivity index (χ1v) is 10.1. The molecule has 1 aromatic carbocycles. The van der Waals surface area contributed by atoms with Gasteiger partial charge >= 0.3 is 5.97 Å². The van der Waals surface area contributed by atoms with E-state index in [9.17, 15) is 19.5 Å². The van der Waals surface area contributed by atoms with Gasteiger partial charge in [-0.2, -0.15) is 0 Å². The number of phenols is 1. The molecule has 9 heteroatoms. The third kappa shape index (κ3) is 4.25. The zero-order valence-corrected chi connectivity index (χ0v) is 17.5. The van der Waals surface area contributed by atoms with Gasteiger partial charge in [0.15, 0.2) is 17.2 Å². The minimum atomic E-state index is -0.614. The van der Waals surface area contributed by atoms with Crippen molar-refractivity contribution in [2.24, 2.45) is 0 Å². The normalized spacial score (nSPS) is 10.6. The number of aromatic hydroxyl groups is 1. The zero-order chi connectivity index (χ0) is 21.8. The Bertz CT molecular complexity index is 1110. The number of hydrogen-bond donors (Lipinski definition) is 2. The van der Waals surface area contributed by atoms with Crippen molar-refractivity contribution >= 4 is 34.0 Å². The maximum atomic E-state index is 12.7. The van der Waals surface area contributed by atoms with Crippen LogP contribution in [0, 0.1) is 6.92 Å². The number of amides is 1. The Morgan fingerprint density at radius 1 is 1.23 bits per heavy atom. The number of benzene rings is 1. The van der Waals surface area contributed by atoms with Gasteiger partial charge in [0, 0.05) is 18.1 Å². The van der Waals surface area contributed by atoms with Crippen LogP contribution < -0.4 is 5.32 Å². The van der Waals surface area contributed by atoms with Crippen molar-refractivity contribution in [2.75, 3.05) is 11.9 Å². The van der Waals surface area contributed by atoms with Gasteiger partial charge in [0.05, 0.1) is 17.0 Å². The highest BCUT2D eigenvalue weighted by atomic mass is 32.1. The number of ether oxygens (including phenoxy) is 1. The number of rotatable bonds is 7. The molecule has 30 heavy (non-hydrogen) atoms. The lowest BCUT2D eigenvalue weighted by Gasteiger charge is -2.05. The average molecular weight is 428 g/mol. The molecule has 0 bridgehead atoms. The van der Waals surface area contributed by atoms with Crippen molar-refractivity contribution in [3.05, 3.63) is 52.0 Å². The first-order valence-electron chi connectivity index (χ1n) is 9.26. The summed E-state index contributed by atoms with van der Waals surface area (Å²) in [7, 11) is 0. The number of hydrogen-bond acceptors (Lipinski definition) is 8. The minimum absolute atomic E-state index is 0.0161. The van der Waals surface area contributed by atoms with Gasteiger partial charge < -0.3 is 19.7 Å². The summed E-state index contributed by atoms with van der Waals surface area (Å²) in [4.78, 5) is 37.7. The second-order valence-corrected chi connectivity index (χ2v) is 7.36. The minimum Gasteiger partial charge on any atom is -0.508 e. The third-order valence-corrected chi connectivity index (χ3v) is 5.55. The van der Waals surface area contributed by atoms with Gasteiger partial charge in [0.1, 0.15) is 10.8 Å². The summed E-state index contributed by atoms with van der Waals surface area (Å²) < 4.78 is 10.3. The van der Waals surface area contributed by atoms with E-state index in [1.807, 2.05) is 0 Å². The molecular formula is C21H20N2O6S. The van der Waals surface area contributed by atoms with Crippen LogP contribution in [-0.2, 0) is 4.74 Å². The van der Waals surface area contributed by atoms with Crippen LogP contribution in [0.15, 0.2) is 34.9 Å². The number of Topliss-reactive ketones (excluding diaryl/α,β-unsaturated/α-hetero) is 1. The molecule has 3 aromatic rings. The Balaban J connectivity index is 1.91. The zero-order valence-electron chi connectivity index (χ0n) is 16.6. The van der Waals surface area contributed by atoms with E-state index in [0.717, 1.165) is 11.3 Å². The molecule has 0 aliphatic carbocycles. The summed E-state index contributed by atoms with van der Waals surface area (Å²) in [5, 5.41) is 16.2. The van der Waals surface area contributed by atoms with Crippen molar-refractivity contribution < 1.29 is 28.8 Å². The fourth-order valence-electron chi connectivity index (χ4n) is 2.82. The molecule has 1 amide bonds. The maximum Gasteiger partial charge on any atom is 0.341 e. The number of nitrogens with zero attached hydrogens (tertiary/aromatic N) is 1. The largest absolute Gasteiger partial charge is 0.508 e. The van der Waals surface area contributed by atoms with Gasteiger partial charge in [-0.3, -0.25) is 9.59 Å². The molecule has 0 spiro atoms. The van der Waals surface area contributed by atoms with Gasteiger partial charge in [-0.1, -0.05) is 24.2 Å². The van der Waals surface area contributed by atoms with Crippen LogP contribution in [0.2, 0.25) is 0 Å². The highest BCUT2D eigenvalue weighted by molar-refractivity contribution is 7.18. The first-order chi connectivity index (χ1) is 14.3. The monoisotopic (exact) mass is 428 g/mol. The summed E-state index contributed by atoms with van der Waals surface area (Å²) in [5.41, 5.74) is 1.17. The van der Waals surface area contributed by atoms with Crippen LogP contribution in [0.4, 0.5) is 5.00 Å². The fourth-order valence-corrected chi connectivity index (χ4v) is 4.02. The number of esters is 1. The summed E-state index contributed by atoms with van der Waals surface area (Å²) >= 11 is 1.03. The van der Waals surface area contributed by atoms with Gasteiger partial charge in [-0.25, -0.2) is 4.79 Å². The topological polar surface area (TPSA) is 119 Å². The Labute approximate surface area is 176 Å². The molecule has 0 saturated heterocycles. The Morgan fingerprint density at radius 3 is 2.67 bits per heavy atom. The highest BCUT2D eigenvalue weighted by Gasteiger charge is 2.27. The molecule has 2 heterocycles. The van der Waals surface area contributed by atoms with E-state index in [-0.39, 0.29) is 40.8 Å². The molecule has 0 aliphatic rings. The van der Waals surface area contributed by atoms with Crippen LogP contribution >= 0.6 is 11.3 Å². The molecular weight excluding hydrogens is 408 g/mol. The Morgan fingerprint density at radius 2 is 2.00 bits per heavy atom. The predicted molar refractivity (Wildman–Crippen MR) is 111 cm³/mol. The molecule has 2 aromatic heterocycles. The van der Waals surface area contributed by atoms with Crippen LogP contribution in [0.3, 0.4) is 0 Å². The molecule has 0 atom stereocenters. The van der Waals surface area contributed by atoms with Crippen molar-refractivity contribution in [3.63, 3.8) is 0 Å². The molecule has 0 fully saturated rings. The van der Waals surface area contributed by atoms with Gasteiger partial charge in [-0.05, 0) is 31.5 Å². The van der Waals surface area contributed by atoms with Crippen molar-refractivity contribution in [3.8, 4) is 17.1 Å². The van der Waals surface area contributed by atoms with E-state index >= 15 is 0 Å². The molecule has 2 N–H and O–H groups in total. The van der Waals surface area contributed by atoms with E-state index in [0.29, 0.717) is 21.8 Å². The third-order valence-electron chi connectivity index (χ3n) is 4.30. The Kier molecular flexibility index (Phi) is 6.31. The standard InChI is InChI=1S/C21H20N2O6S/c1-4-15(25)18-11(3)17(21(27)28-5-2)20(30-18)22-19(26)14-10-16(29-23-14)12-7-6-8-13(24)9-12/h6-10,24H,4-5H2,1-3H3,(H,22,26). The Hall–Kier alpha value is -3.46. The van der Waals surface area contributed by atoms with E-state index in [2.05, 4.69) is 10.5 Å². The second-order valence-electron chi connectivity index (χ2n) is 6.34. The smallest absolute Gasteiger partial charge is 0.341 e. The first kappa shape index (κ1) is 21.3. The summed E-state index contributed by atoms with van der Waals surface area (Å²) in [5.74, 6) is -0.997. The van der Waals surface area contributed by atoms with Crippen LogP contribution in [0.5, 0.6) is 5.75 Å². The lowest BCUT2D eigenvalue weighted by Crippen LogP contribution is -2.15. The number of phenolic OH excluding ortho intramolecular Hbond substituents is 1.